The normalized spacial score (nSPS) is 12.7. The van der Waals surface area contributed by atoms with Crippen LogP contribution in [0.3, 0.4) is 0 Å². The molecule has 2 rings (SSSR count). The van der Waals surface area contributed by atoms with Crippen molar-refractivity contribution in [3.8, 4) is 5.75 Å². The van der Waals surface area contributed by atoms with Crippen LogP contribution in [0, 0.1) is 5.41 Å². The average Bonchev–Trinajstić information content (AvgIpc) is 3.06. The predicted octanol–water partition coefficient (Wildman–Crippen LogP) is 4.48. The molecule has 0 N–H and O–H groups in total. The molecule has 130 valence electrons. The Morgan fingerprint density at radius 1 is 1.25 bits per heavy atom. The Bertz CT molecular complexity index is 630. The molecule has 1 atom stereocenters. The van der Waals surface area contributed by atoms with E-state index in [1.165, 1.54) is 5.56 Å². The smallest absolute Gasteiger partial charge is 0.269 e. The van der Waals surface area contributed by atoms with Gasteiger partial charge in [-0.2, -0.15) is 0 Å². The third-order valence-electron chi connectivity index (χ3n) is 3.79. The Morgan fingerprint density at radius 2 is 1.96 bits per heavy atom. The molecule has 0 radical (unpaired) electrons. The summed E-state index contributed by atoms with van der Waals surface area (Å²) in [6.07, 6.45) is 7.16. The van der Waals surface area contributed by atoms with Gasteiger partial charge in [0.25, 0.3) is 5.17 Å². The van der Waals surface area contributed by atoms with Gasteiger partial charge in [-0.05, 0) is 36.3 Å². The van der Waals surface area contributed by atoms with Gasteiger partial charge in [0.2, 0.25) is 0 Å². The second-order valence-corrected chi connectivity index (χ2v) is 7.26. The largest absolute Gasteiger partial charge is 0.490 e. The first-order valence-electron chi connectivity index (χ1n) is 8.31. The van der Waals surface area contributed by atoms with Gasteiger partial charge in [-0.15, -0.1) is 0 Å². The van der Waals surface area contributed by atoms with Crippen LogP contribution in [0.25, 0.3) is 0 Å². The zero-order valence-corrected chi connectivity index (χ0v) is 15.7. The van der Waals surface area contributed by atoms with Crippen LogP contribution in [0.5, 0.6) is 5.75 Å². The van der Waals surface area contributed by atoms with Gasteiger partial charge in [-0.1, -0.05) is 46.2 Å². The monoisotopic (exact) mass is 346 g/mol. The van der Waals surface area contributed by atoms with Gasteiger partial charge in [-0.3, -0.25) is 4.57 Å². The van der Waals surface area contributed by atoms with E-state index in [9.17, 15) is 0 Å². The number of thiocarbonyl (C=S) groups is 1. The molecule has 24 heavy (non-hydrogen) atoms. The number of nitrogens with zero attached hydrogens (tertiary/aromatic N) is 2. The summed E-state index contributed by atoms with van der Waals surface area (Å²) >= 11 is 5.34. The lowest BCUT2D eigenvalue weighted by atomic mass is 9.89. The van der Waals surface area contributed by atoms with Gasteiger partial charge in [0.05, 0.1) is 0 Å². The predicted molar refractivity (Wildman–Crippen MR) is 100 cm³/mol. The molecule has 1 unspecified atom stereocenters. The molecule has 0 saturated heterocycles. The van der Waals surface area contributed by atoms with Crippen LogP contribution < -0.4 is 4.74 Å². The van der Waals surface area contributed by atoms with Gasteiger partial charge in [0.15, 0.2) is 0 Å². The van der Waals surface area contributed by atoms with Crippen LogP contribution in [0.4, 0.5) is 0 Å². The number of hydrogen-bond donors (Lipinski definition) is 0. The fourth-order valence-electron chi connectivity index (χ4n) is 2.22. The average molecular weight is 346 g/mol. The molecule has 5 heteroatoms. The number of ether oxygens (including phenoxy) is 2. The summed E-state index contributed by atoms with van der Waals surface area (Å²) in [5.74, 6) is 0.848. The van der Waals surface area contributed by atoms with E-state index < -0.39 is 0 Å². The molecular weight excluding hydrogens is 320 g/mol. The van der Waals surface area contributed by atoms with Crippen LogP contribution in [0.15, 0.2) is 43.0 Å². The molecule has 0 amide bonds. The maximum absolute atomic E-state index is 5.97. The minimum absolute atomic E-state index is 0.104. The second-order valence-electron chi connectivity index (χ2n) is 6.91. The zero-order valence-electron chi connectivity index (χ0n) is 14.9. The van der Waals surface area contributed by atoms with Crippen LogP contribution in [-0.2, 0) is 11.2 Å². The lowest BCUT2D eigenvalue weighted by Gasteiger charge is -2.31. The molecule has 1 aromatic carbocycles. The molecule has 0 bridgehead atoms. The standard InChI is InChI=1S/C19H26N2O2S/c1-5-6-15-7-9-16(10-8-15)22-13-17(19(2,3)4)23-18(24)21-12-11-20-14-21/h7-12,14,17H,5-6,13H2,1-4H3. The number of hydrogen-bond acceptors (Lipinski definition) is 4. The van der Waals surface area contributed by atoms with Crippen LogP contribution in [-0.4, -0.2) is 27.4 Å². The Hall–Kier alpha value is -1.88. The summed E-state index contributed by atoms with van der Waals surface area (Å²) in [5.41, 5.74) is 1.22. The van der Waals surface area contributed by atoms with Crippen molar-refractivity contribution in [2.45, 2.75) is 46.6 Å². The minimum atomic E-state index is -0.164. The topological polar surface area (TPSA) is 36.3 Å². The van der Waals surface area contributed by atoms with Crippen molar-refractivity contribution in [1.82, 2.24) is 9.55 Å². The summed E-state index contributed by atoms with van der Waals surface area (Å²) in [6.45, 7) is 8.95. The third-order valence-corrected chi connectivity index (χ3v) is 4.09. The summed E-state index contributed by atoms with van der Waals surface area (Å²) in [5, 5.41) is 0.384. The van der Waals surface area contributed by atoms with E-state index in [1.807, 2.05) is 12.1 Å². The van der Waals surface area contributed by atoms with Crippen molar-refractivity contribution in [2.24, 2.45) is 5.41 Å². The highest BCUT2D eigenvalue weighted by Gasteiger charge is 2.28. The molecule has 0 aliphatic rings. The van der Waals surface area contributed by atoms with Crippen LogP contribution >= 0.6 is 12.2 Å². The number of benzene rings is 1. The summed E-state index contributed by atoms with van der Waals surface area (Å²) in [6, 6.07) is 8.25. The van der Waals surface area contributed by atoms with Crippen molar-refractivity contribution < 1.29 is 9.47 Å². The van der Waals surface area contributed by atoms with E-state index in [0.29, 0.717) is 11.8 Å². The Labute approximate surface area is 149 Å². The lowest BCUT2D eigenvalue weighted by Crippen LogP contribution is -2.37. The molecule has 1 heterocycles. The van der Waals surface area contributed by atoms with Crippen molar-refractivity contribution >= 4 is 17.4 Å². The van der Waals surface area contributed by atoms with Gasteiger partial charge in [0.1, 0.15) is 24.8 Å². The zero-order chi connectivity index (χ0) is 17.6. The molecule has 0 aliphatic carbocycles. The first kappa shape index (κ1) is 18.5. The summed E-state index contributed by atoms with van der Waals surface area (Å²) in [4.78, 5) is 3.99. The van der Waals surface area contributed by atoms with Crippen LogP contribution in [0.1, 0.15) is 39.7 Å². The van der Waals surface area contributed by atoms with Gasteiger partial charge in [-0.25, -0.2) is 4.98 Å². The van der Waals surface area contributed by atoms with E-state index in [2.05, 4.69) is 44.8 Å². The molecular formula is C19H26N2O2S. The highest BCUT2D eigenvalue weighted by atomic mass is 32.1. The summed E-state index contributed by atoms with van der Waals surface area (Å²) < 4.78 is 13.6. The quantitative estimate of drug-likeness (QED) is 0.723. The Morgan fingerprint density at radius 3 is 2.50 bits per heavy atom. The third kappa shape index (κ3) is 5.34. The van der Waals surface area contributed by atoms with Gasteiger partial charge in [0, 0.05) is 17.8 Å². The van der Waals surface area contributed by atoms with E-state index in [1.54, 1.807) is 23.3 Å². The molecule has 2 aromatic rings. The van der Waals surface area contributed by atoms with Crippen molar-refractivity contribution in [3.63, 3.8) is 0 Å². The number of aryl methyl sites for hydroxylation is 1. The molecule has 0 aliphatic heterocycles. The summed E-state index contributed by atoms with van der Waals surface area (Å²) in [7, 11) is 0. The number of rotatable bonds is 6. The molecule has 0 fully saturated rings. The van der Waals surface area contributed by atoms with Crippen molar-refractivity contribution in [1.29, 1.82) is 0 Å². The van der Waals surface area contributed by atoms with Crippen LogP contribution in [0.2, 0.25) is 0 Å². The number of aromatic nitrogens is 2. The van der Waals surface area contributed by atoms with Gasteiger partial charge >= 0.3 is 0 Å². The molecule has 4 nitrogen and oxygen atoms in total. The maximum Gasteiger partial charge on any atom is 0.269 e. The van der Waals surface area contributed by atoms with Crippen molar-refractivity contribution in [2.75, 3.05) is 6.61 Å². The molecule has 0 spiro atoms. The fraction of sp³-hybridized carbons (Fsp3) is 0.474. The van der Waals surface area contributed by atoms with Gasteiger partial charge < -0.3 is 9.47 Å². The lowest BCUT2D eigenvalue weighted by molar-refractivity contribution is 0.0321. The first-order valence-corrected chi connectivity index (χ1v) is 8.71. The van der Waals surface area contributed by atoms with E-state index in [0.717, 1.165) is 18.6 Å². The second kappa shape index (κ2) is 8.29. The Balaban J connectivity index is 1.97. The van der Waals surface area contributed by atoms with E-state index in [4.69, 9.17) is 21.7 Å². The van der Waals surface area contributed by atoms with Crippen molar-refractivity contribution in [3.05, 3.63) is 48.5 Å². The highest BCUT2D eigenvalue weighted by Crippen LogP contribution is 2.24. The number of imidazole rings is 1. The minimum Gasteiger partial charge on any atom is -0.490 e. The molecule has 1 aromatic heterocycles. The molecule has 0 saturated carbocycles. The van der Waals surface area contributed by atoms with E-state index >= 15 is 0 Å². The SMILES string of the molecule is CCCc1ccc(OCC(OC(=S)n2ccnc2)C(C)(C)C)cc1. The maximum atomic E-state index is 5.97. The highest BCUT2D eigenvalue weighted by molar-refractivity contribution is 7.80. The Kier molecular flexibility index (Phi) is 6.37. The fourth-order valence-corrected chi connectivity index (χ4v) is 2.45. The first-order chi connectivity index (χ1) is 11.4. The van der Waals surface area contributed by atoms with E-state index in [-0.39, 0.29) is 11.5 Å².